The summed E-state index contributed by atoms with van der Waals surface area (Å²) in [6.07, 6.45) is 1.25. The molecule has 28 heavy (non-hydrogen) atoms. The summed E-state index contributed by atoms with van der Waals surface area (Å²) in [6, 6.07) is 7.69. The van der Waals surface area contributed by atoms with Gasteiger partial charge in [-0.2, -0.15) is 0 Å². The van der Waals surface area contributed by atoms with Gasteiger partial charge in [0.15, 0.2) is 23.0 Å². The van der Waals surface area contributed by atoms with Gasteiger partial charge in [0, 0.05) is 18.4 Å². The van der Waals surface area contributed by atoms with Crippen LogP contribution in [0.15, 0.2) is 29.4 Å². The summed E-state index contributed by atoms with van der Waals surface area (Å²) in [6.45, 7) is 0.390. The van der Waals surface area contributed by atoms with E-state index in [4.69, 9.17) is 33.3 Å². The number of nitrogens with zero attached hydrogens (tertiary/aromatic N) is 1. The molecule has 146 valence electrons. The second-order valence-electron chi connectivity index (χ2n) is 6.62. The van der Waals surface area contributed by atoms with Gasteiger partial charge in [0.05, 0.1) is 19.9 Å². The Bertz CT molecular complexity index is 956. The van der Waals surface area contributed by atoms with Crippen LogP contribution < -0.4 is 28.4 Å². The van der Waals surface area contributed by atoms with Crippen molar-refractivity contribution in [3.05, 3.63) is 35.4 Å². The van der Waals surface area contributed by atoms with Crippen molar-refractivity contribution in [1.29, 1.82) is 0 Å². The molecule has 8 heteroatoms. The Labute approximate surface area is 161 Å². The van der Waals surface area contributed by atoms with Crippen LogP contribution in [-0.4, -0.2) is 39.6 Å². The van der Waals surface area contributed by atoms with Crippen LogP contribution in [0.25, 0.3) is 0 Å². The lowest BCUT2D eigenvalue weighted by molar-refractivity contribution is 0.0858. The minimum atomic E-state index is -0.0866. The predicted octanol–water partition coefficient (Wildman–Crippen LogP) is 2.90. The summed E-state index contributed by atoms with van der Waals surface area (Å²) in [4.78, 5) is 5.67. The molecule has 0 aromatic heterocycles. The predicted molar refractivity (Wildman–Crippen MR) is 98.0 cm³/mol. The Balaban J connectivity index is 1.33. The molecule has 0 saturated carbocycles. The topological polar surface area (TPSA) is 77.0 Å². The highest BCUT2D eigenvalue weighted by atomic mass is 16.7. The molecule has 2 aromatic rings. The quantitative estimate of drug-likeness (QED) is 0.783. The average Bonchev–Trinajstić information content (AvgIpc) is 3.46. The Hall–Kier alpha value is -3.29. The van der Waals surface area contributed by atoms with Crippen LogP contribution in [0, 0.1) is 0 Å². The Morgan fingerprint density at radius 2 is 1.57 bits per heavy atom. The first-order valence-electron chi connectivity index (χ1n) is 8.92. The minimum Gasteiger partial charge on any atom is -0.493 e. The van der Waals surface area contributed by atoms with E-state index in [2.05, 4.69) is 5.16 Å². The van der Waals surface area contributed by atoms with Crippen molar-refractivity contribution in [3.8, 4) is 34.5 Å². The average molecular weight is 385 g/mol. The lowest BCUT2D eigenvalue weighted by Gasteiger charge is -2.11. The van der Waals surface area contributed by atoms with Gasteiger partial charge < -0.3 is 33.3 Å². The van der Waals surface area contributed by atoms with E-state index in [1.165, 1.54) is 0 Å². The Morgan fingerprint density at radius 3 is 2.29 bits per heavy atom. The van der Waals surface area contributed by atoms with Crippen LogP contribution in [-0.2, 0) is 11.3 Å². The van der Waals surface area contributed by atoms with Gasteiger partial charge >= 0.3 is 0 Å². The van der Waals surface area contributed by atoms with E-state index in [0.717, 1.165) is 16.8 Å². The second-order valence-corrected chi connectivity index (χ2v) is 6.62. The Kier molecular flexibility index (Phi) is 4.03. The first-order chi connectivity index (χ1) is 13.7. The molecule has 0 fully saturated rings. The number of benzene rings is 2. The van der Waals surface area contributed by atoms with E-state index in [0.29, 0.717) is 47.3 Å². The summed E-state index contributed by atoms with van der Waals surface area (Å²) in [7, 11) is 3.21. The van der Waals surface area contributed by atoms with Crippen LogP contribution in [0.4, 0.5) is 0 Å². The first kappa shape index (κ1) is 16.9. The minimum absolute atomic E-state index is 0.0866. The normalized spacial score (nSPS) is 18.6. The van der Waals surface area contributed by atoms with Crippen LogP contribution >= 0.6 is 0 Å². The molecule has 0 aliphatic carbocycles. The number of methoxy groups -OCH3 is 2. The zero-order valence-electron chi connectivity index (χ0n) is 15.5. The maximum Gasteiger partial charge on any atom is 0.231 e. The lowest BCUT2D eigenvalue weighted by Crippen LogP contribution is -2.12. The summed E-state index contributed by atoms with van der Waals surface area (Å²) >= 11 is 0. The lowest BCUT2D eigenvalue weighted by atomic mass is 9.99. The molecule has 3 aliphatic heterocycles. The summed E-state index contributed by atoms with van der Waals surface area (Å²) in [5.74, 6) is 3.88. The summed E-state index contributed by atoms with van der Waals surface area (Å²) in [5.41, 5.74) is 2.77. The molecule has 1 atom stereocenters. The van der Waals surface area contributed by atoms with Gasteiger partial charge in [-0.05, 0) is 29.8 Å². The van der Waals surface area contributed by atoms with Gasteiger partial charge in [0.2, 0.25) is 25.1 Å². The van der Waals surface area contributed by atoms with Crippen molar-refractivity contribution in [2.45, 2.75) is 18.9 Å². The van der Waals surface area contributed by atoms with Gasteiger partial charge in [0.25, 0.3) is 0 Å². The van der Waals surface area contributed by atoms with E-state index < -0.39 is 0 Å². The third-order valence-electron chi connectivity index (χ3n) is 4.91. The number of fused-ring (bicyclic) bond motifs is 2. The van der Waals surface area contributed by atoms with Crippen molar-refractivity contribution in [2.24, 2.45) is 5.16 Å². The van der Waals surface area contributed by atoms with E-state index in [1.807, 2.05) is 24.3 Å². The fourth-order valence-electron chi connectivity index (χ4n) is 3.57. The van der Waals surface area contributed by atoms with Gasteiger partial charge in [0.1, 0.15) is 6.10 Å². The standard InChI is InChI=1S/C20H19NO7/c1-22-15-4-11(5-17-19(15)26-9-24-17)3-13-8-14(21-28-13)12-6-16(23-2)20-18(7-12)25-10-27-20/h4-7,13H,3,8-10H2,1-2H3/t13-/m0/s1. The van der Waals surface area contributed by atoms with E-state index >= 15 is 0 Å². The molecule has 0 unspecified atom stereocenters. The van der Waals surface area contributed by atoms with Gasteiger partial charge in [-0.1, -0.05) is 5.16 Å². The molecule has 5 rings (SSSR count). The number of hydrogen-bond acceptors (Lipinski definition) is 8. The maximum absolute atomic E-state index is 5.67. The molecule has 0 bridgehead atoms. The monoisotopic (exact) mass is 385 g/mol. The molecule has 0 N–H and O–H groups in total. The highest BCUT2D eigenvalue weighted by molar-refractivity contribution is 6.02. The summed E-state index contributed by atoms with van der Waals surface area (Å²) < 4.78 is 32.7. The number of rotatable bonds is 5. The smallest absolute Gasteiger partial charge is 0.231 e. The number of ether oxygens (including phenoxy) is 6. The van der Waals surface area contributed by atoms with Gasteiger partial charge in [-0.15, -0.1) is 0 Å². The molecular weight excluding hydrogens is 366 g/mol. The van der Waals surface area contributed by atoms with Gasteiger partial charge in [-0.25, -0.2) is 0 Å². The van der Waals surface area contributed by atoms with Crippen molar-refractivity contribution in [1.82, 2.24) is 0 Å². The van der Waals surface area contributed by atoms with E-state index in [1.54, 1.807) is 14.2 Å². The molecule has 8 nitrogen and oxygen atoms in total. The van der Waals surface area contributed by atoms with Crippen LogP contribution in [0.3, 0.4) is 0 Å². The maximum atomic E-state index is 5.67. The highest BCUT2D eigenvalue weighted by Crippen LogP contribution is 2.44. The number of oxime groups is 1. The fraction of sp³-hybridized carbons (Fsp3) is 0.350. The Morgan fingerprint density at radius 1 is 0.893 bits per heavy atom. The molecule has 0 saturated heterocycles. The highest BCUT2D eigenvalue weighted by Gasteiger charge is 2.28. The van der Waals surface area contributed by atoms with Gasteiger partial charge in [-0.3, -0.25) is 0 Å². The second kappa shape index (κ2) is 6.70. The van der Waals surface area contributed by atoms with Crippen molar-refractivity contribution in [3.63, 3.8) is 0 Å². The third kappa shape index (κ3) is 2.81. The zero-order valence-corrected chi connectivity index (χ0v) is 15.5. The first-order valence-corrected chi connectivity index (χ1v) is 8.92. The fourth-order valence-corrected chi connectivity index (χ4v) is 3.57. The molecule has 0 spiro atoms. The molecule has 0 amide bonds. The van der Waals surface area contributed by atoms with Crippen molar-refractivity contribution >= 4 is 5.71 Å². The molecule has 2 aromatic carbocycles. The zero-order chi connectivity index (χ0) is 19.1. The molecule has 3 heterocycles. The van der Waals surface area contributed by atoms with E-state index in [-0.39, 0.29) is 19.7 Å². The summed E-state index contributed by atoms with van der Waals surface area (Å²) in [5, 5.41) is 4.28. The molecular formula is C20H19NO7. The SMILES string of the molecule is COc1cc(C[C@H]2CC(c3cc(OC)c4c(c3)OCO4)=NO2)cc2c1OCO2. The van der Waals surface area contributed by atoms with Crippen LogP contribution in [0.2, 0.25) is 0 Å². The third-order valence-corrected chi connectivity index (χ3v) is 4.91. The van der Waals surface area contributed by atoms with Crippen LogP contribution in [0.1, 0.15) is 17.5 Å². The van der Waals surface area contributed by atoms with Crippen molar-refractivity contribution in [2.75, 3.05) is 27.8 Å². The van der Waals surface area contributed by atoms with Crippen LogP contribution in [0.5, 0.6) is 34.5 Å². The van der Waals surface area contributed by atoms with Crippen molar-refractivity contribution < 1.29 is 33.3 Å². The van der Waals surface area contributed by atoms with E-state index in [9.17, 15) is 0 Å². The molecule has 0 radical (unpaired) electrons. The largest absolute Gasteiger partial charge is 0.493 e. The molecule has 3 aliphatic rings. The number of hydrogen-bond donors (Lipinski definition) is 0.